The molecule has 0 radical (unpaired) electrons. The van der Waals surface area contributed by atoms with Crippen LogP contribution in [0.4, 0.5) is 0 Å². The zero-order valence-corrected chi connectivity index (χ0v) is 34.9. The fraction of sp³-hybridized carbons (Fsp3) is 0.423. The van der Waals surface area contributed by atoms with Gasteiger partial charge in [0.25, 0.3) is 0 Å². The van der Waals surface area contributed by atoms with Gasteiger partial charge < -0.3 is 9.47 Å². The van der Waals surface area contributed by atoms with E-state index in [1.165, 1.54) is 51.4 Å². The van der Waals surface area contributed by atoms with Gasteiger partial charge in [0.1, 0.15) is 11.5 Å². The number of hydrogen-bond donors (Lipinski definition) is 0. The van der Waals surface area contributed by atoms with Crippen LogP contribution >= 0.6 is 0 Å². The summed E-state index contributed by atoms with van der Waals surface area (Å²) in [7, 11) is 0. The van der Waals surface area contributed by atoms with Crippen molar-refractivity contribution >= 4 is 55.0 Å². The Labute approximate surface area is 335 Å². The van der Waals surface area contributed by atoms with Crippen molar-refractivity contribution in [2.45, 2.75) is 144 Å². The van der Waals surface area contributed by atoms with E-state index in [0.717, 1.165) is 115 Å². The summed E-state index contributed by atoms with van der Waals surface area (Å²) in [6, 6.07) is 25.9. The number of unbranched alkanes of at least 4 members (excludes halogenated alkanes) is 12. The Bertz CT molecular complexity index is 2170. The Kier molecular flexibility index (Phi) is 14.2. The van der Waals surface area contributed by atoms with Crippen molar-refractivity contribution in [2.24, 2.45) is 0 Å². The Morgan fingerprint density at radius 2 is 0.679 bits per heavy atom. The minimum atomic E-state index is -0.180. The standard InChI is InChI=1S/C52H62O4/c1-7-9-11-13-15-17-19-21-47(53)55-51-41-29-25-35(3)31-43(41)49(39-27-23-37(5)33-45(39)51)50-40-28-24-38(6)34-46(40)52(42-30-26-36(4)32-44(42)50)56-48(54)22-20-18-16-14-12-10-8-2/h23-34H,7-22H2,1-6H3. The average Bonchev–Trinajstić information content (AvgIpc) is 3.17. The van der Waals surface area contributed by atoms with Gasteiger partial charge in [-0.25, -0.2) is 0 Å². The van der Waals surface area contributed by atoms with Crippen LogP contribution in [0.25, 0.3) is 54.2 Å². The summed E-state index contributed by atoms with van der Waals surface area (Å²) in [5.41, 5.74) is 6.64. The largest absolute Gasteiger partial charge is 0.425 e. The molecule has 0 atom stereocenters. The van der Waals surface area contributed by atoms with Gasteiger partial charge in [-0.2, -0.15) is 0 Å². The Morgan fingerprint density at radius 3 is 1.04 bits per heavy atom. The van der Waals surface area contributed by atoms with Gasteiger partial charge in [0.15, 0.2) is 0 Å². The van der Waals surface area contributed by atoms with E-state index in [1.54, 1.807) is 0 Å². The molecule has 4 heteroatoms. The van der Waals surface area contributed by atoms with Crippen LogP contribution in [0, 0.1) is 27.7 Å². The maximum Gasteiger partial charge on any atom is 0.311 e. The monoisotopic (exact) mass is 750 g/mol. The molecule has 294 valence electrons. The van der Waals surface area contributed by atoms with Crippen molar-refractivity contribution < 1.29 is 19.1 Å². The van der Waals surface area contributed by atoms with E-state index in [-0.39, 0.29) is 11.9 Å². The first-order valence-electron chi connectivity index (χ1n) is 21.5. The Hall–Kier alpha value is -4.70. The van der Waals surface area contributed by atoms with E-state index in [2.05, 4.69) is 114 Å². The second-order valence-electron chi connectivity index (χ2n) is 16.3. The van der Waals surface area contributed by atoms with Gasteiger partial charge in [-0.15, -0.1) is 0 Å². The lowest BCUT2D eigenvalue weighted by molar-refractivity contribution is -0.135. The zero-order chi connectivity index (χ0) is 39.6. The van der Waals surface area contributed by atoms with E-state index < -0.39 is 0 Å². The Balaban J connectivity index is 1.47. The van der Waals surface area contributed by atoms with Crippen molar-refractivity contribution in [3.63, 3.8) is 0 Å². The fourth-order valence-corrected chi connectivity index (χ4v) is 8.38. The molecule has 0 aliphatic carbocycles. The summed E-state index contributed by atoms with van der Waals surface area (Å²) in [5, 5.41) is 7.82. The number of carbonyl (C=O) groups excluding carboxylic acids is 2. The smallest absolute Gasteiger partial charge is 0.311 e. The molecule has 0 amide bonds. The molecule has 4 nitrogen and oxygen atoms in total. The number of esters is 2. The summed E-state index contributed by atoms with van der Waals surface area (Å²) in [4.78, 5) is 27.1. The molecular weight excluding hydrogens is 689 g/mol. The van der Waals surface area contributed by atoms with Crippen LogP contribution in [-0.4, -0.2) is 11.9 Å². The number of rotatable bonds is 19. The maximum absolute atomic E-state index is 13.6. The molecule has 6 rings (SSSR count). The van der Waals surface area contributed by atoms with E-state index in [4.69, 9.17) is 9.47 Å². The molecule has 0 saturated heterocycles. The molecule has 0 spiro atoms. The molecule has 56 heavy (non-hydrogen) atoms. The topological polar surface area (TPSA) is 52.6 Å². The molecule has 0 aliphatic heterocycles. The molecule has 0 fully saturated rings. The number of fused-ring (bicyclic) bond motifs is 4. The van der Waals surface area contributed by atoms with Gasteiger partial charge in [0, 0.05) is 34.4 Å². The van der Waals surface area contributed by atoms with Gasteiger partial charge in [-0.05, 0) is 85.3 Å². The second-order valence-corrected chi connectivity index (χ2v) is 16.3. The normalized spacial score (nSPS) is 11.6. The molecule has 0 saturated carbocycles. The van der Waals surface area contributed by atoms with Crippen LogP contribution in [0.1, 0.15) is 139 Å². The predicted octanol–water partition coefficient (Wildman–Crippen LogP) is 15.3. The summed E-state index contributed by atoms with van der Waals surface area (Å²) < 4.78 is 12.8. The third-order valence-corrected chi connectivity index (χ3v) is 11.4. The van der Waals surface area contributed by atoms with Crippen molar-refractivity contribution in [1.29, 1.82) is 0 Å². The fourth-order valence-electron chi connectivity index (χ4n) is 8.38. The molecular formula is C52H62O4. The van der Waals surface area contributed by atoms with Crippen molar-refractivity contribution in [1.82, 2.24) is 0 Å². The average molecular weight is 751 g/mol. The molecule has 0 aliphatic rings. The summed E-state index contributed by atoms with van der Waals surface area (Å²) in [6.45, 7) is 12.9. The lowest BCUT2D eigenvalue weighted by Crippen LogP contribution is -2.09. The van der Waals surface area contributed by atoms with Gasteiger partial charge in [-0.3, -0.25) is 9.59 Å². The summed E-state index contributed by atoms with van der Waals surface area (Å²) in [6.07, 6.45) is 16.9. The van der Waals surface area contributed by atoms with Crippen LogP contribution in [0.15, 0.2) is 72.8 Å². The highest BCUT2D eigenvalue weighted by atomic mass is 16.5. The van der Waals surface area contributed by atoms with E-state index in [1.807, 2.05) is 0 Å². The molecule has 0 heterocycles. The van der Waals surface area contributed by atoms with E-state index >= 15 is 0 Å². The van der Waals surface area contributed by atoms with Crippen molar-refractivity contribution in [3.05, 3.63) is 95.1 Å². The van der Waals surface area contributed by atoms with Crippen molar-refractivity contribution in [2.75, 3.05) is 0 Å². The zero-order valence-electron chi connectivity index (χ0n) is 34.9. The first kappa shape index (κ1) is 40.9. The maximum atomic E-state index is 13.6. The van der Waals surface area contributed by atoms with Crippen LogP contribution in [0.3, 0.4) is 0 Å². The van der Waals surface area contributed by atoms with Crippen LogP contribution in [-0.2, 0) is 9.59 Å². The third-order valence-electron chi connectivity index (χ3n) is 11.4. The molecule has 0 aromatic heterocycles. The SMILES string of the molecule is CCCCCCCCCC(=O)Oc1c2cc(C)ccc2c(-c2c3ccc(C)cc3c(OC(=O)CCCCCCCCC)c3ccc(C)cc23)c2cc(C)ccc12. The van der Waals surface area contributed by atoms with E-state index in [9.17, 15) is 9.59 Å². The first-order chi connectivity index (χ1) is 27.2. The number of aryl methyl sites for hydroxylation is 4. The Morgan fingerprint density at radius 1 is 0.375 bits per heavy atom. The number of carbonyl (C=O) groups is 2. The van der Waals surface area contributed by atoms with Crippen LogP contribution in [0.2, 0.25) is 0 Å². The molecule has 6 aromatic carbocycles. The second kappa shape index (κ2) is 19.4. The highest BCUT2D eigenvalue weighted by molar-refractivity contribution is 6.27. The van der Waals surface area contributed by atoms with Gasteiger partial charge in [0.2, 0.25) is 0 Å². The lowest BCUT2D eigenvalue weighted by Gasteiger charge is -2.22. The van der Waals surface area contributed by atoms with Crippen LogP contribution < -0.4 is 9.47 Å². The minimum Gasteiger partial charge on any atom is -0.425 e. The quantitative estimate of drug-likeness (QED) is 0.0358. The summed E-state index contributed by atoms with van der Waals surface area (Å²) >= 11 is 0. The number of benzene rings is 6. The first-order valence-corrected chi connectivity index (χ1v) is 21.5. The molecule has 0 N–H and O–H groups in total. The van der Waals surface area contributed by atoms with E-state index in [0.29, 0.717) is 24.3 Å². The lowest BCUT2D eigenvalue weighted by atomic mass is 9.84. The molecule has 6 aromatic rings. The van der Waals surface area contributed by atoms with Gasteiger partial charge >= 0.3 is 11.9 Å². The van der Waals surface area contributed by atoms with Crippen molar-refractivity contribution in [3.8, 4) is 22.6 Å². The van der Waals surface area contributed by atoms with Gasteiger partial charge in [-0.1, -0.05) is 174 Å². The summed E-state index contributed by atoms with van der Waals surface area (Å²) in [5.74, 6) is 0.903. The highest BCUT2D eigenvalue weighted by Gasteiger charge is 2.25. The third kappa shape index (κ3) is 9.63. The van der Waals surface area contributed by atoms with Crippen LogP contribution in [0.5, 0.6) is 11.5 Å². The van der Waals surface area contributed by atoms with Gasteiger partial charge in [0.05, 0.1) is 0 Å². The molecule has 0 bridgehead atoms. The highest BCUT2D eigenvalue weighted by Crippen LogP contribution is 2.50. The minimum absolute atomic E-state index is 0.180. The number of hydrogen-bond acceptors (Lipinski definition) is 4. The molecule has 0 unspecified atom stereocenters. The number of ether oxygens (including phenoxy) is 2. The predicted molar refractivity (Wildman–Crippen MR) is 237 cm³/mol.